The zero-order valence-electron chi connectivity index (χ0n) is 9.50. The predicted octanol–water partition coefficient (Wildman–Crippen LogP) is 1.17. The van der Waals surface area contributed by atoms with E-state index in [-0.39, 0.29) is 17.9 Å². The minimum atomic E-state index is -0.224. The molecule has 0 spiro atoms. The third kappa shape index (κ3) is 1.73. The highest BCUT2D eigenvalue weighted by atomic mass is 32.1. The Morgan fingerprint density at radius 2 is 2.29 bits per heavy atom. The van der Waals surface area contributed by atoms with Crippen LogP contribution < -0.4 is 5.73 Å². The van der Waals surface area contributed by atoms with Gasteiger partial charge in [-0.15, -0.1) is 11.3 Å². The summed E-state index contributed by atoms with van der Waals surface area (Å²) in [6, 6.07) is 1.77. The fourth-order valence-corrected chi connectivity index (χ4v) is 3.82. The van der Waals surface area contributed by atoms with E-state index >= 15 is 0 Å². The lowest BCUT2D eigenvalue weighted by atomic mass is 10.00. The maximum absolute atomic E-state index is 12.2. The van der Waals surface area contributed by atoms with Gasteiger partial charge in [-0.2, -0.15) is 0 Å². The highest BCUT2D eigenvalue weighted by molar-refractivity contribution is 7.12. The number of aliphatic hydroxyl groups excluding tert-OH is 1. The van der Waals surface area contributed by atoms with Gasteiger partial charge in [-0.25, -0.2) is 0 Å². The summed E-state index contributed by atoms with van der Waals surface area (Å²) in [4.78, 5) is 14.7. The minimum absolute atomic E-state index is 0.0269. The van der Waals surface area contributed by atoms with E-state index in [1.807, 2.05) is 10.3 Å². The number of nitrogen functional groups attached to an aromatic ring is 1. The van der Waals surface area contributed by atoms with Gasteiger partial charge in [0, 0.05) is 19.0 Å². The summed E-state index contributed by atoms with van der Waals surface area (Å²) >= 11 is 1.39. The summed E-state index contributed by atoms with van der Waals surface area (Å²) in [6.07, 6.45) is 1.70. The van der Waals surface area contributed by atoms with Crippen molar-refractivity contribution < 1.29 is 9.90 Å². The number of rotatable bonds is 1. The van der Waals surface area contributed by atoms with E-state index < -0.39 is 0 Å². The number of hydrogen-bond acceptors (Lipinski definition) is 4. The Bertz CT molecular complexity index is 445. The van der Waals surface area contributed by atoms with Crippen molar-refractivity contribution in [3.05, 3.63) is 16.3 Å². The Morgan fingerprint density at radius 3 is 2.94 bits per heavy atom. The van der Waals surface area contributed by atoms with Gasteiger partial charge in [-0.05, 0) is 30.2 Å². The maximum atomic E-state index is 12.2. The molecule has 1 amide bonds. The van der Waals surface area contributed by atoms with Crippen LogP contribution in [-0.4, -0.2) is 35.1 Å². The van der Waals surface area contributed by atoms with Gasteiger partial charge in [0.1, 0.15) is 4.88 Å². The van der Waals surface area contributed by atoms with Crippen LogP contribution in [0, 0.1) is 11.8 Å². The van der Waals surface area contributed by atoms with E-state index in [0.717, 1.165) is 19.4 Å². The second-order valence-corrected chi connectivity index (χ2v) is 5.90. The molecule has 1 aromatic rings. The van der Waals surface area contributed by atoms with Crippen LogP contribution in [0.15, 0.2) is 11.4 Å². The van der Waals surface area contributed by atoms with Crippen LogP contribution in [0.4, 0.5) is 5.69 Å². The molecule has 3 rings (SSSR count). The van der Waals surface area contributed by atoms with E-state index in [1.54, 1.807) is 6.07 Å². The molecule has 1 saturated carbocycles. The monoisotopic (exact) mass is 252 g/mol. The van der Waals surface area contributed by atoms with Gasteiger partial charge < -0.3 is 15.7 Å². The standard InChI is InChI=1S/C12H16N2O2S/c13-9-3-4-17-11(9)12(16)14-5-7-1-2-10(15)8(7)6-14/h3-4,7-8,10,15H,1-2,5-6,13H2. The van der Waals surface area contributed by atoms with Gasteiger partial charge in [0.2, 0.25) is 0 Å². The zero-order chi connectivity index (χ0) is 12.0. The molecule has 0 radical (unpaired) electrons. The fourth-order valence-electron chi connectivity index (χ4n) is 3.04. The van der Waals surface area contributed by atoms with Crippen molar-refractivity contribution in [1.29, 1.82) is 0 Å². The minimum Gasteiger partial charge on any atom is -0.397 e. The number of amides is 1. The molecule has 92 valence electrons. The average Bonchev–Trinajstić information content (AvgIpc) is 2.96. The molecule has 1 aromatic heterocycles. The highest BCUT2D eigenvalue weighted by Crippen LogP contribution is 2.39. The van der Waals surface area contributed by atoms with Crippen molar-refractivity contribution in [3.63, 3.8) is 0 Å². The Hall–Kier alpha value is -1.07. The number of thiophene rings is 1. The summed E-state index contributed by atoms with van der Waals surface area (Å²) in [5.41, 5.74) is 6.33. The number of carbonyl (C=O) groups is 1. The van der Waals surface area contributed by atoms with Gasteiger partial charge >= 0.3 is 0 Å². The zero-order valence-corrected chi connectivity index (χ0v) is 10.3. The second kappa shape index (κ2) is 3.99. The number of nitrogens with zero attached hydrogens (tertiary/aromatic N) is 1. The summed E-state index contributed by atoms with van der Waals surface area (Å²) in [5.74, 6) is 0.786. The summed E-state index contributed by atoms with van der Waals surface area (Å²) in [7, 11) is 0. The highest BCUT2D eigenvalue weighted by Gasteiger charge is 2.43. The molecule has 4 nitrogen and oxygen atoms in total. The van der Waals surface area contributed by atoms with Gasteiger partial charge in [-0.1, -0.05) is 0 Å². The van der Waals surface area contributed by atoms with Gasteiger partial charge in [0.05, 0.1) is 11.8 Å². The molecular weight excluding hydrogens is 236 g/mol. The van der Waals surface area contributed by atoms with Crippen LogP contribution in [0.2, 0.25) is 0 Å². The summed E-state index contributed by atoms with van der Waals surface area (Å²) in [5, 5.41) is 11.7. The van der Waals surface area contributed by atoms with E-state index in [1.165, 1.54) is 11.3 Å². The number of likely N-dealkylation sites (tertiary alicyclic amines) is 1. The van der Waals surface area contributed by atoms with Gasteiger partial charge in [0.15, 0.2) is 0 Å². The largest absolute Gasteiger partial charge is 0.397 e. The number of hydrogen-bond donors (Lipinski definition) is 2. The molecular formula is C12H16N2O2S. The number of aliphatic hydroxyl groups is 1. The first kappa shape index (κ1) is 11.0. The van der Waals surface area contributed by atoms with Crippen molar-refractivity contribution in [3.8, 4) is 0 Å². The molecule has 5 heteroatoms. The smallest absolute Gasteiger partial charge is 0.266 e. The lowest BCUT2D eigenvalue weighted by molar-refractivity contribution is 0.0758. The van der Waals surface area contributed by atoms with Crippen LogP contribution in [0.3, 0.4) is 0 Å². The Labute approximate surface area is 104 Å². The van der Waals surface area contributed by atoms with Crippen molar-refractivity contribution in [2.24, 2.45) is 11.8 Å². The number of fused-ring (bicyclic) bond motifs is 1. The van der Waals surface area contributed by atoms with Crippen LogP contribution in [0.5, 0.6) is 0 Å². The summed E-state index contributed by atoms with van der Waals surface area (Å²) < 4.78 is 0. The SMILES string of the molecule is Nc1ccsc1C(=O)N1CC2CCC(O)C2C1. The van der Waals surface area contributed by atoms with Crippen LogP contribution >= 0.6 is 11.3 Å². The average molecular weight is 252 g/mol. The Kier molecular flexibility index (Phi) is 2.60. The molecule has 1 aliphatic carbocycles. The first-order chi connectivity index (χ1) is 8.16. The molecule has 0 bridgehead atoms. The molecule has 1 saturated heterocycles. The molecule has 17 heavy (non-hydrogen) atoms. The molecule has 2 aliphatic rings. The second-order valence-electron chi connectivity index (χ2n) is 4.98. The topological polar surface area (TPSA) is 66.6 Å². The van der Waals surface area contributed by atoms with Crippen molar-refractivity contribution >= 4 is 22.9 Å². The number of carbonyl (C=O) groups excluding carboxylic acids is 1. The van der Waals surface area contributed by atoms with Crippen LogP contribution in [0.25, 0.3) is 0 Å². The molecule has 3 atom stereocenters. The van der Waals surface area contributed by atoms with E-state index in [2.05, 4.69) is 0 Å². The quantitative estimate of drug-likeness (QED) is 0.788. The van der Waals surface area contributed by atoms with Gasteiger partial charge in [-0.3, -0.25) is 4.79 Å². The number of nitrogens with two attached hydrogens (primary N) is 1. The number of anilines is 1. The van der Waals surface area contributed by atoms with Crippen LogP contribution in [0.1, 0.15) is 22.5 Å². The molecule has 1 aliphatic heterocycles. The molecule has 3 N–H and O–H groups in total. The Morgan fingerprint density at radius 1 is 1.47 bits per heavy atom. The van der Waals surface area contributed by atoms with E-state index in [0.29, 0.717) is 23.0 Å². The lowest BCUT2D eigenvalue weighted by Crippen LogP contribution is -2.30. The lowest BCUT2D eigenvalue weighted by Gasteiger charge is -2.17. The van der Waals surface area contributed by atoms with Crippen molar-refractivity contribution in [1.82, 2.24) is 4.90 Å². The van der Waals surface area contributed by atoms with E-state index in [4.69, 9.17) is 5.73 Å². The maximum Gasteiger partial charge on any atom is 0.266 e. The molecule has 2 fully saturated rings. The third-order valence-corrected chi connectivity index (χ3v) is 4.91. The normalized spacial score (nSPS) is 31.8. The Balaban J connectivity index is 1.75. The molecule has 3 unspecified atom stereocenters. The van der Waals surface area contributed by atoms with E-state index in [9.17, 15) is 9.90 Å². The molecule has 2 heterocycles. The predicted molar refractivity (Wildman–Crippen MR) is 66.9 cm³/mol. The third-order valence-electron chi connectivity index (χ3n) is 4.00. The molecule has 0 aromatic carbocycles. The van der Waals surface area contributed by atoms with Gasteiger partial charge in [0.25, 0.3) is 5.91 Å². The van der Waals surface area contributed by atoms with Crippen molar-refractivity contribution in [2.45, 2.75) is 18.9 Å². The first-order valence-electron chi connectivity index (χ1n) is 5.97. The first-order valence-corrected chi connectivity index (χ1v) is 6.85. The van der Waals surface area contributed by atoms with Crippen molar-refractivity contribution in [2.75, 3.05) is 18.8 Å². The van der Waals surface area contributed by atoms with Crippen LogP contribution in [-0.2, 0) is 0 Å². The summed E-state index contributed by atoms with van der Waals surface area (Å²) in [6.45, 7) is 1.46. The fraction of sp³-hybridized carbons (Fsp3) is 0.583.